The lowest BCUT2D eigenvalue weighted by atomic mass is 10.0. The average Bonchev–Trinajstić information content (AvgIpc) is 2.94. The summed E-state index contributed by atoms with van der Waals surface area (Å²) in [6, 6.07) is 3.88. The third-order valence-electron chi connectivity index (χ3n) is 3.63. The number of piperidine rings is 1. The van der Waals surface area contributed by atoms with E-state index in [9.17, 15) is 4.79 Å². The van der Waals surface area contributed by atoms with Gasteiger partial charge in [-0.15, -0.1) is 0 Å². The van der Waals surface area contributed by atoms with Gasteiger partial charge in [0.25, 0.3) is 5.91 Å². The molecule has 2 heterocycles. The molecule has 1 aliphatic rings. The first-order chi connectivity index (χ1) is 9.76. The molecule has 1 saturated heterocycles. The summed E-state index contributed by atoms with van der Waals surface area (Å²) in [6.07, 6.45) is 2.98. The molecule has 1 N–H and O–H groups in total. The van der Waals surface area contributed by atoms with E-state index in [0.717, 1.165) is 38.9 Å². The van der Waals surface area contributed by atoms with Crippen molar-refractivity contribution < 1.29 is 13.9 Å². The van der Waals surface area contributed by atoms with Gasteiger partial charge in [-0.2, -0.15) is 0 Å². The van der Waals surface area contributed by atoms with E-state index in [-0.39, 0.29) is 5.91 Å². The predicted octanol–water partition coefficient (Wildman–Crippen LogP) is 2.03. The maximum absolute atomic E-state index is 12.6. The van der Waals surface area contributed by atoms with Crippen LogP contribution in [-0.4, -0.2) is 43.6 Å². The summed E-state index contributed by atoms with van der Waals surface area (Å²) in [6.45, 7) is 5.23. The van der Waals surface area contributed by atoms with Gasteiger partial charge < -0.3 is 19.4 Å². The van der Waals surface area contributed by atoms with Gasteiger partial charge in [0.15, 0.2) is 5.76 Å². The summed E-state index contributed by atoms with van der Waals surface area (Å²) >= 11 is 0. The fourth-order valence-corrected chi connectivity index (χ4v) is 2.66. The van der Waals surface area contributed by atoms with Crippen molar-refractivity contribution in [2.45, 2.75) is 38.8 Å². The lowest BCUT2D eigenvalue weighted by Gasteiger charge is -2.34. The number of carbonyl (C=O) groups is 1. The molecule has 20 heavy (non-hydrogen) atoms. The van der Waals surface area contributed by atoms with E-state index in [1.807, 2.05) is 11.0 Å². The largest absolute Gasteiger partial charge is 0.453 e. The number of methoxy groups -OCH3 is 1. The summed E-state index contributed by atoms with van der Waals surface area (Å²) in [5, 5.41) is 3.33. The molecule has 1 amide bonds. The van der Waals surface area contributed by atoms with Gasteiger partial charge in [0.05, 0.1) is 0 Å². The molecule has 1 aliphatic heterocycles. The Bertz CT molecular complexity index is 425. The molecule has 5 nitrogen and oxygen atoms in total. The van der Waals surface area contributed by atoms with E-state index >= 15 is 0 Å². The molecule has 1 fully saturated rings. The van der Waals surface area contributed by atoms with Crippen LogP contribution < -0.4 is 5.32 Å². The van der Waals surface area contributed by atoms with Crippen molar-refractivity contribution in [3.63, 3.8) is 0 Å². The minimum atomic E-state index is 0.00102. The molecule has 2 rings (SSSR count). The highest BCUT2D eigenvalue weighted by molar-refractivity contribution is 5.91. The van der Waals surface area contributed by atoms with E-state index in [0.29, 0.717) is 24.2 Å². The SMILES string of the molecule is CCCN(C(=O)c1ccc(COC)o1)C1CCNCC1. The number of furan rings is 1. The number of rotatable bonds is 6. The third-order valence-corrected chi connectivity index (χ3v) is 3.63. The van der Waals surface area contributed by atoms with E-state index in [1.54, 1.807) is 13.2 Å². The van der Waals surface area contributed by atoms with Gasteiger partial charge >= 0.3 is 0 Å². The first-order valence-corrected chi connectivity index (χ1v) is 7.35. The first kappa shape index (κ1) is 15.1. The van der Waals surface area contributed by atoms with Crippen LogP contribution in [-0.2, 0) is 11.3 Å². The average molecular weight is 280 g/mol. The van der Waals surface area contributed by atoms with E-state index in [2.05, 4.69) is 12.2 Å². The Kier molecular flexibility index (Phi) is 5.61. The number of amides is 1. The van der Waals surface area contributed by atoms with Crippen LogP contribution in [0.1, 0.15) is 42.5 Å². The molecular formula is C15H24N2O3. The number of ether oxygens (including phenoxy) is 1. The zero-order valence-electron chi connectivity index (χ0n) is 12.4. The van der Waals surface area contributed by atoms with Crippen molar-refractivity contribution in [3.8, 4) is 0 Å². The number of carbonyl (C=O) groups excluding carboxylic acids is 1. The number of nitrogens with one attached hydrogen (secondary N) is 1. The molecule has 0 aliphatic carbocycles. The number of nitrogens with zero attached hydrogens (tertiary/aromatic N) is 1. The Balaban J connectivity index is 2.08. The second kappa shape index (κ2) is 7.45. The fourth-order valence-electron chi connectivity index (χ4n) is 2.66. The lowest BCUT2D eigenvalue weighted by molar-refractivity contribution is 0.0603. The molecule has 0 aromatic carbocycles. The molecule has 5 heteroatoms. The summed E-state index contributed by atoms with van der Waals surface area (Å²) < 4.78 is 10.6. The van der Waals surface area contributed by atoms with E-state index in [4.69, 9.17) is 9.15 Å². The smallest absolute Gasteiger partial charge is 0.289 e. The van der Waals surface area contributed by atoms with E-state index in [1.165, 1.54) is 0 Å². The first-order valence-electron chi connectivity index (χ1n) is 7.35. The highest BCUT2D eigenvalue weighted by atomic mass is 16.5. The van der Waals surface area contributed by atoms with Crippen molar-refractivity contribution >= 4 is 5.91 Å². The quantitative estimate of drug-likeness (QED) is 0.866. The van der Waals surface area contributed by atoms with Crippen LogP contribution in [0.4, 0.5) is 0 Å². The Labute approximate surface area is 120 Å². The zero-order valence-corrected chi connectivity index (χ0v) is 12.4. The lowest BCUT2D eigenvalue weighted by Crippen LogP contribution is -2.46. The third kappa shape index (κ3) is 3.61. The molecule has 1 aromatic heterocycles. The molecule has 0 unspecified atom stereocenters. The van der Waals surface area contributed by atoms with Crippen LogP contribution in [0, 0.1) is 0 Å². The second-order valence-electron chi connectivity index (χ2n) is 5.18. The Morgan fingerprint density at radius 3 is 2.85 bits per heavy atom. The van der Waals surface area contributed by atoms with Crippen LogP contribution in [0.2, 0.25) is 0 Å². The summed E-state index contributed by atoms with van der Waals surface area (Å²) in [4.78, 5) is 14.6. The highest BCUT2D eigenvalue weighted by Gasteiger charge is 2.27. The summed E-state index contributed by atoms with van der Waals surface area (Å²) in [5.74, 6) is 1.11. The zero-order chi connectivity index (χ0) is 14.4. The monoisotopic (exact) mass is 280 g/mol. The minimum absolute atomic E-state index is 0.00102. The van der Waals surface area contributed by atoms with E-state index < -0.39 is 0 Å². The van der Waals surface area contributed by atoms with Crippen LogP contribution in [0.3, 0.4) is 0 Å². The normalized spacial score (nSPS) is 16.3. The molecule has 0 spiro atoms. The fraction of sp³-hybridized carbons (Fsp3) is 0.667. The van der Waals surface area contributed by atoms with Crippen LogP contribution in [0.5, 0.6) is 0 Å². The van der Waals surface area contributed by atoms with Crippen LogP contribution >= 0.6 is 0 Å². The van der Waals surface area contributed by atoms with Crippen LogP contribution in [0.25, 0.3) is 0 Å². The summed E-state index contributed by atoms with van der Waals surface area (Å²) in [5.41, 5.74) is 0. The van der Waals surface area contributed by atoms with Gasteiger partial charge in [0.2, 0.25) is 0 Å². The predicted molar refractivity (Wildman–Crippen MR) is 76.6 cm³/mol. The van der Waals surface area contributed by atoms with Crippen molar-refractivity contribution in [1.82, 2.24) is 10.2 Å². The van der Waals surface area contributed by atoms with Gasteiger partial charge in [-0.1, -0.05) is 6.92 Å². The van der Waals surface area contributed by atoms with Gasteiger partial charge in [0, 0.05) is 19.7 Å². The van der Waals surface area contributed by atoms with Crippen molar-refractivity contribution in [1.29, 1.82) is 0 Å². The molecular weight excluding hydrogens is 256 g/mol. The van der Waals surface area contributed by atoms with Gasteiger partial charge in [-0.3, -0.25) is 4.79 Å². The highest BCUT2D eigenvalue weighted by Crippen LogP contribution is 2.18. The van der Waals surface area contributed by atoms with Crippen molar-refractivity contribution in [2.75, 3.05) is 26.7 Å². The van der Waals surface area contributed by atoms with Crippen LogP contribution in [0.15, 0.2) is 16.5 Å². The van der Waals surface area contributed by atoms with Gasteiger partial charge in [0.1, 0.15) is 12.4 Å². The number of hydrogen-bond donors (Lipinski definition) is 1. The Morgan fingerprint density at radius 1 is 1.45 bits per heavy atom. The maximum Gasteiger partial charge on any atom is 0.289 e. The Morgan fingerprint density at radius 2 is 2.20 bits per heavy atom. The van der Waals surface area contributed by atoms with Crippen molar-refractivity contribution in [2.24, 2.45) is 0 Å². The molecule has 0 saturated carbocycles. The second-order valence-corrected chi connectivity index (χ2v) is 5.18. The molecule has 112 valence electrons. The Hall–Kier alpha value is -1.33. The number of hydrogen-bond acceptors (Lipinski definition) is 4. The summed E-state index contributed by atoms with van der Waals surface area (Å²) in [7, 11) is 1.61. The molecule has 0 bridgehead atoms. The molecule has 0 radical (unpaired) electrons. The van der Waals surface area contributed by atoms with Gasteiger partial charge in [-0.05, 0) is 44.5 Å². The minimum Gasteiger partial charge on any atom is -0.453 e. The molecule has 0 atom stereocenters. The molecule has 1 aromatic rings. The van der Waals surface area contributed by atoms with Crippen molar-refractivity contribution in [3.05, 3.63) is 23.7 Å². The maximum atomic E-state index is 12.6. The van der Waals surface area contributed by atoms with Gasteiger partial charge in [-0.25, -0.2) is 0 Å². The topological polar surface area (TPSA) is 54.7 Å². The standard InChI is InChI=1S/C15H24N2O3/c1-3-10-17(12-6-8-16-9-7-12)15(18)14-5-4-13(20-14)11-19-2/h4-5,12,16H,3,6-11H2,1-2H3.